The Hall–Kier alpha value is -3.66. The van der Waals surface area contributed by atoms with Gasteiger partial charge in [-0.15, -0.1) is 0 Å². The van der Waals surface area contributed by atoms with Gasteiger partial charge in [-0.25, -0.2) is 9.97 Å². The highest BCUT2D eigenvalue weighted by atomic mass is 35.5. The van der Waals surface area contributed by atoms with Gasteiger partial charge in [-0.1, -0.05) is 17.7 Å². The van der Waals surface area contributed by atoms with Gasteiger partial charge in [-0.05, 0) is 30.3 Å². The molecular weight excluding hydrogens is 431 g/mol. The molecule has 0 radical (unpaired) electrons. The molecule has 0 bridgehead atoms. The molecule has 2 N–H and O–H groups in total. The molecule has 0 aliphatic heterocycles. The predicted octanol–water partition coefficient (Wildman–Crippen LogP) is 5.43. The van der Waals surface area contributed by atoms with Crippen LogP contribution in [0, 0.1) is 0 Å². The van der Waals surface area contributed by atoms with E-state index in [2.05, 4.69) is 30.7 Å². The summed E-state index contributed by atoms with van der Waals surface area (Å²) < 4.78 is 40.5. The Kier molecular flexibility index (Phi) is 5.47. The lowest BCUT2D eigenvalue weighted by Gasteiger charge is -2.12. The molecular formula is C20H15ClF3N7. The van der Waals surface area contributed by atoms with Crippen molar-refractivity contribution in [2.75, 3.05) is 10.6 Å². The SMILES string of the molecule is Cn1cc(-c2ccc(Nc3ncc(Cl)c(Nc4cccc(C(F)(F)F)c4)n3)nc2)cn1. The number of halogens is 4. The third kappa shape index (κ3) is 4.92. The molecule has 7 nitrogen and oxygen atoms in total. The second-order valence-corrected chi connectivity index (χ2v) is 6.96. The minimum absolute atomic E-state index is 0.155. The summed E-state index contributed by atoms with van der Waals surface area (Å²) in [5.41, 5.74) is 1.23. The van der Waals surface area contributed by atoms with E-state index in [0.717, 1.165) is 23.3 Å². The number of rotatable bonds is 5. The summed E-state index contributed by atoms with van der Waals surface area (Å²) in [5.74, 6) is 0.825. The highest BCUT2D eigenvalue weighted by Crippen LogP contribution is 2.32. The van der Waals surface area contributed by atoms with Gasteiger partial charge in [-0.3, -0.25) is 4.68 Å². The molecule has 0 aliphatic carbocycles. The van der Waals surface area contributed by atoms with Crippen LogP contribution in [-0.2, 0) is 13.2 Å². The van der Waals surface area contributed by atoms with Crippen LogP contribution in [0.1, 0.15) is 5.56 Å². The number of aromatic nitrogens is 5. The van der Waals surface area contributed by atoms with Crippen molar-refractivity contribution in [1.29, 1.82) is 0 Å². The largest absolute Gasteiger partial charge is 0.416 e. The quantitative estimate of drug-likeness (QED) is 0.426. The second kappa shape index (κ2) is 8.23. The summed E-state index contributed by atoms with van der Waals surface area (Å²) in [5, 5.41) is 10.0. The second-order valence-electron chi connectivity index (χ2n) is 6.55. The molecule has 0 fully saturated rings. The average molecular weight is 446 g/mol. The van der Waals surface area contributed by atoms with Crippen LogP contribution in [0.3, 0.4) is 0 Å². The summed E-state index contributed by atoms with van der Waals surface area (Å²) in [7, 11) is 1.83. The number of aryl methyl sites for hydroxylation is 1. The predicted molar refractivity (Wildman–Crippen MR) is 111 cm³/mol. The Bertz CT molecular complexity index is 1210. The fourth-order valence-electron chi connectivity index (χ4n) is 2.75. The lowest BCUT2D eigenvalue weighted by atomic mass is 10.2. The van der Waals surface area contributed by atoms with Crippen molar-refractivity contribution in [2.24, 2.45) is 7.05 Å². The fraction of sp³-hybridized carbons (Fsp3) is 0.100. The number of nitrogens with zero attached hydrogens (tertiary/aromatic N) is 5. The molecule has 3 aromatic heterocycles. The van der Waals surface area contributed by atoms with E-state index >= 15 is 0 Å². The van der Waals surface area contributed by atoms with E-state index in [4.69, 9.17) is 11.6 Å². The van der Waals surface area contributed by atoms with Crippen LogP contribution in [0.4, 0.5) is 36.4 Å². The maximum absolute atomic E-state index is 12.9. The van der Waals surface area contributed by atoms with Crippen LogP contribution in [0.25, 0.3) is 11.1 Å². The van der Waals surface area contributed by atoms with Gasteiger partial charge >= 0.3 is 6.18 Å². The molecule has 3 heterocycles. The Labute approximate surface area is 179 Å². The molecule has 158 valence electrons. The maximum Gasteiger partial charge on any atom is 0.416 e. The first-order valence-corrected chi connectivity index (χ1v) is 9.35. The van der Waals surface area contributed by atoms with E-state index in [1.165, 1.54) is 18.3 Å². The summed E-state index contributed by atoms with van der Waals surface area (Å²) >= 11 is 6.11. The summed E-state index contributed by atoms with van der Waals surface area (Å²) in [6, 6.07) is 8.36. The monoisotopic (exact) mass is 445 g/mol. The normalized spacial score (nSPS) is 11.4. The summed E-state index contributed by atoms with van der Waals surface area (Å²) in [4.78, 5) is 12.7. The molecule has 4 rings (SSSR count). The molecule has 0 atom stereocenters. The highest BCUT2D eigenvalue weighted by molar-refractivity contribution is 6.32. The van der Waals surface area contributed by atoms with Crippen LogP contribution in [0.15, 0.2) is 61.2 Å². The number of pyridine rings is 1. The molecule has 0 saturated heterocycles. The van der Waals surface area contributed by atoms with Crippen molar-refractivity contribution in [3.63, 3.8) is 0 Å². The summed E-state index contributed by atoms with van der Waals surface area (Å²) in [6.07, 6.45) is 2.18. The number of nitrogens with one attached hydrogen (secondary N) is 2. The Morgan fingerprint density at radius 1 is 0.968 bits per heavy atom. The van der Waals surface area contributed by atoms with Gasteiger partial charge in [0.1, 0.15) is 10.8 Å². The third-order valence-corrected chi connectivity index (χ3v) is 4.51. The number of anilines is 4. The van der Waals surface area contributed by atoms with E-state index in [1.54, 1.807) is 23.1 Å². The molecule has 0 saturated carbocycles. The lowest BCUT2D eigenvalue weighted by molar-refractivity contribution is -0.137. The molecule has 11 heteroatoms. The first-order valence-electron chi connectivity index (χ1n) is 8.97. The van der Waals surface area contributed by atoms with Gasteiger partial charge in [-0.2, -0.15) is 23.3 Å². The van der Waals surface area contributed by atoms with Crippen LogP contribution in [-0.4, -0.2) is 24.7 Å². The smallest absolute Gasteiger partial charge is 0.339 e. The zero-order valence-corrected chi connectivity index (χ0v) is 16.8. The Balaban J connectivity index is 1.52. The number of alkyl halides is 3. The summed E-state index contributed by atoms with van der Waals surface area (Å²) in [6.45, 7) is 0. The van der Waals surface area contributed by atoms with Crippen LogP contribution >= 0.6 is 11.6 Å². The van der Waals surface area contributed by atoms with Gasteiger partial charge in [0.25, 0.3) is 0 Å². The zero-order valence-electron chi connectivity index (χ0n) is 16.0. The molecule has 31 heavy (non-hydrogen) atoms. The molecule has 0 amide bonds. The Morgan fingerprint density at radius 2 is 1.81 bits per heavy atom. The van der Waals surface area contributed by atoms with E-state index in [1.807, 2.05) is 19.3 Å². The van der Waals surface area contributed by atoms with Crippen molar-refractivity contribution >= 4 is 34.9 Å². The van der Waals surface area contributed by atoms with Gasteiger partial charge in [0.05, 0.1) is 18.0 Å². The van der Waals surface area contributed by atoms with Gasteiger partial charge in [0, 0.05) is 36.3 Å². The Morgan fingerprint density at radius 3 is 2.48 bits per heavy atom. The van der Waals surface area contributed by atoms with E-state index in [-0.39, 0.29) is 22.5 Å². The minimum atomic E-state index is -4.45. The van der Waals surface area contributed by atoms with E-state index < -0.39 is 11.7 Å². The first-order chi connectivity index (χ1) is 14.8. The van der Waals surface area contributed by atoms with Crippen molar-refractivity contribution < 1.29 is 13.2 Å². The van der Waals surface area contributed by atoms with Crippen LogP contribution in [0.5, 0.6) is 0 Å². The van der Waals surface area contributed by atoms with Crippen molar-refractivity contribution in [3.05, 3.63) is 71.8 Å². The molecule has 4 aromatic rings. The van der Waals surface area contributed by atoms with Crippen LogP contribution in [0.2, 0.25) is 5.02 Å². The highest BCUT2D eigenvalue weighted by Gasteiger charge is 2.30. The average Bonchev–Trinajstić information content (AvgIpc) is 3.17. The molecule has 0 aliphatic rings. The van der Waals surface area contributed by atoms with Gasteiger partial charge in [0.2, 0.25) is 5.95 Å². The van der Waals surface area contributed by atoms with Crippen molar-refractivity contribution in [2.45, 2.75) is 6.18 Å². The first kappa shape index (κ1) is 20.6. The van der Waals surface area contributed by atoms with Crippen LogP contribution < -0.4 is 10.6 Å². The topological polar surface area (TPSA) is 80.5 Å². The van der Waals surface area contributed by atoms with Crippen molar-refractivity contribution in [1.82, 2.24) is 24.7 Å². The number of hydrogen-bond donors (Lipinski definition) is 2. The van der Waals surface area contributed by atoms with Gasteiger partial charge in [0.15, 0.2) is 5.82 Å². The zero-order chi connectivity index (χ0) is 22.0. The fourth-order valence-corrected chi connectivity index (χ4v) is 2.89. The minimum Gasteiger partial charge on any atom is -0.339 e. The number of benzene rings is 1. The lowest BCUT2D eigenvalue weighted by Crippen LogP contribution is -2.06. The van der Waals surface area contributed by atoms with E-state index in [0.29, 0.717) is 5.82 Å². The van der Waals surface area contributed by atoms with Crippen molar-refractivity contribution in [3.8, 4) is 11.1 Å². The van der Waals surface area contributed by atoms with Gasteiger partial charge < -0.3 is 10.6 Å². The molecule has 0 unspecified atom stereocenters. The number of hydrogen-bond acceptors (Lipinski definition) is 6. The van der Waals surface area contributed by atoms with E-state index in [9.17, 15) is 13.2 Å². The molecule has 0 spiro atoms. The maximum atomic E-state index is 12.9. The molecule has 1 aromatic carbocycles. The third-order valence-electron chi connectivity index (χ3n) is 4.24. The standard InChI is InChI=1S/C20H15ClF3N7/c1-31-11-13(9-27-31)12-5-6-17(25-8-12)29-19-26-10-16(21)18(30-19)28-15-4-2-3-14(7-15)20(22,23)24/h2-11H,1H3,(H2,25,26,28,29,30).